The number of nitrogens with one attached hydrogen (secondary N) is 1. The SMILES string of the molecule is CCCN(CC(F)(F)F)c1nc(NC)nc(OC)n1. The van der Waals surface area contributed by atoms with Crippen molar-refractivity contribution in [3.8, 4) is 6.01 Å². The van der Waals surface area contributed by atoms with Crippen LogP contribution in [0, 0.1) is 0 Å². The van der Waals surface area contributed by atoms with Crippen molar-refractivity contribution in [1.29, 1.82) is 0 Å². The Hall–Kier alpha value is -1.80. The molecule has 0 saturated heterocycles. The van der Waals surface area contributed by atoms with Gasteiger partial charge in [-0.15, -0.1) is 0 Å². The Balaban J connectivity index is 3.06. The van der Waals surface area contributed by atoms with Crippen molar-refractivity contribution in [2.45, 2.75) is 19.5 Å². The summed E-state index contributed by atoms with van der Waals surface area (Å²) in [6.45, 7) is 0.855. The first-order valence-corrected chi connectivity index (χ1v) is 5.69. The summed E-state index contributed by atoms with van der Waals surface area (Å²) in [5.41, 5.74) is 0. The third-order valence-electron chi connectivity index (χ3n) is 2.16. The van der Waals surface area contributed by atoms with Crippen molar-refractivity contribution in [2.75, 3.05) is 37.5 Å². The largest absolute Gasteiger partial charge is 0.467 e. The lowest BCUT2D eigenvalue weighted by Gasteiger charge is -2.23. The van der Waals surface area contributed by atoms with E-state index in [4.69, 9.17) is 4.74 Å². The highest BCUT2D eigenvalue weighted by Crippen LogP contribution is 2.21. The molecule has 0 fully saturated rings. The van der Waals surface area contributed by atoms with Crippen molar-refractivity contribution < 1.29 is 17.9 Å². The van der Waals surface area contributed by atoms with Crippen LogP contribution >= 0.6 is 0 Å². The molecule has 0 bridgehead atoms. The monoisotopic (exact) mass is 279 g/mol. The molecule has 0 atom stereocenters. The lowest BCUT2D eigenvalue weighted by Crippen LogP contribution is -2.36. The molecular weight excluding hydrogens is 263 g/mol. The molecule has 9 heteroatoms. The van der Waals surface area contributed by atoms with Gasteiger partial charge in [-0.3, -0.25) is 0 Å². The van der Waals surface area contributed by atoms with Crippen molar-refractivity contribution in [3.63, 3.8) is 0 Å². The van der Waals surface area contributed by atoms with Crippen molar-refractivity contribution in [3.05, 3.63) is 0 Å². The Morgan fingerprint density at radius 3 is 2.42 bits per heavy atom. The second kappa shape index (κ2) is 6.39. The minimum Gasteiger partial charge on any atom is -0.467 e. The van der Waals surface area contributed by atoms with Gasteiger partial charge in [0.2, 0.25) is 11.9 Å². The molecule has 0 aromatic carbocycles. The topological polar surface area (TPSA) is 63.2 Å². The highest BCUT2D eigenvalue weighted by molar-refractivity contribution is 5.38. The van der Waals surface area contributed by atoms with E-state index in [1.807, 2.05) is 0 Å². The van der Waals surface area contributed by atoms with E-state index in [-0.39, 0.29) is 24.5 Å². The fourth-order valence-corrected chi connectivity index (χ4v) is 1.43. The number of ether oxygens (including phenoxy) is 1. The van der Waals surface area contributed by atoms with Gasteiger partial charge < -0.3 is 15.0 Å². The molecule has 0 saturated carbocycles. The van der Waals surface area contributed by atoms with Gasteiger partial charge in [0.1, 0.15) is 6.54 Å². The molecule has 0 aliphatic carbocycles. The van der Waals surface area contributed by atoms with Crippen LogP contribution in [0.4, 0.5) is 25.1 Å². The average molecular weight is 279 g/mol. The fraction of sp³-hybridized carbons (Fsp3) is 0.700. The van der Waals surface area contributed by atoms with Crippen molar-refractivity contribution >= 4 is 11.9 Å². The number of anilines is 2. The molecule has 1 N–H and O–H groups in total. The zero-order valence-electron chi connectivity index (χ0n) is 11.0. The van der Waals surface area contributed by atoms with Gasteiger partial charge in [-0.2, -0.15) is 28.1 Å². The van der Waals surface area contributed by atoms with E-state index >= 15 is 0 Å². The number of methoxy groups -OCH3 is 1. The minimum atomic E-state index is -4.32. The number of alkyl halides is 3. The molecule has 19 heavy (non-hydrogen) atoms. The molecule has 6 nitrogen and oxygen atoms in total. The first-order chi connectivity index (χ1) is 8.89. The van der Waals surface area contributed by atoms with E-state index in [9.17, 15) is 13.2 Å². The standard InChI is InChI=1S/C10H16F3N5O/c1-4-5-18(6-10(11,12)13)8-15-7(14-2)16-9(17-8)19-3/h4-6H2,1-3H3,(H,14,15,16,17). The summed E-state index contributed by atoms with van der Waals surface area (Å²) in [7, 11) is 2.90. The van der Waals surface area contributed by atoms with Gasteiger partial charge in [0.15, 0.2) is 0 Å². The maximum atomic E-state index is 12.5. The number of nitrogens with zero attached hydrogens (tertiary/aromatic N) is 4. The van der Waals surface area contributed by atoms with E-state index < -0.39 is 12.7 Å². The van der Waals surface area contributed by atoms with Gasteiger partial charge in [0.05, 0.1) is 7.11 Å². The van der Waals surface area contributed by atoms with Gasteiger partial charge in [0, 0.05) is 13.6 Å². The predicted octanol–water partition coefficient (Wildman–Crippen LogP) is 1.70. The van der Waals surface area contributed by atoms with Crippen LogP contribution in [0.3, 0.4) is 0 Å². The van der Waals surface area contributed by atoms with Crippen molar-refractivity contribution in [1.82, 2.24) is 15.0 Å². The second-order valence-corrected chi connectivity index (χ2v) is 3.73. The molecule has 0 radical (unpaired) electrons. The van der Waals surface area contributed by atoms with Crippen LogP contribution in [-0.4, -0.2) is 48.4 Å². The Bertz CT molecular complexity index is 390. The Kier molecular flexibility index (Phi) is 5.13. The van der Waals surface area contributed by atoms with E-state index in [0.717, 1.165) is 4.90 Å². The lowest BCUT2D eigenvalue weighted by atomic mass is 10.4. The molecular formula is C10H16F3N5O. The Labute approximate surface area is 109 Å². The Morgan fingerprint density at radius 1 is 1.26 bits per heavy atom. The molecule has 108 valence electrons. The van der Waals surface area contributed by atoms with Crippen LogP contribution in [0.1, 0.15) is 13.3 Å². The summed E-state index contributed by atoms with van der Waals surface area (Å²) in [6.07, 6.45) is -3.78. The maximum absolute atomic E-state index is 12.5. The van der Waals surface area contributed by atoms with Gasteiger partial charge >= 0.3 is 12.2 Å². The highest BCUT2D eigenvalue weighted by atomic mass is 19.4. The average Bonchev–Trinajstić information content (AvgIpc) is 2.36. The normalized spacial score (nSPS) is 11.3. The Morgan fingerprint density at radius 2 is 1.95 bits per heavy atom. The molecule has 1 aromatic rings. The third-order valence-corrected chi connectivity index (χ3v) is 2.16. The first kappa shape index (κ1) is 15.3. The van der Waals surface area contributed by atoms with E-state index in [2.05, 4.69) is 20.3 Å². The number of hydrogen-bond donors (Lipinski definition) is 1. The lowest BCUT2D eigenvalue weighted by molar-refractivity contribution is -0.119. The summed E-state index contributed by atoms with van der Waals surface area (Å²) in [6, 6.07) is -0.0300. The molecule has 0 aliphatic heterocycles. The number of aromatic nitrogens is 3. The summed E-state index contributed by atoms with van der Waals surface area (Å²) in [5.74, 6) is 0.0977. The molecule has 1 aromatic heterocycles. The third kappa shape index (κ3) is 4.76. The van der Waals surface area contributed by atoms with Crippen LogP contribution < -0.4 is 15.0 Å². The number of rotatable bonds is 6. The fourth-order valence-electron chi connectivity index (χ4n) is 1.43. The van der Waals surface area contributed by atoms with Crippen LogP contribution in [0.2, 0.25) is 0 Å². The predicted molar refractivity (Wildman–Crippen MR) is 64.5 cm³/mol. The molecule has 1 heterocycles. The van der Waals surface area contributed by atoms with Gasteiger partial charge in [-0.1, -0.05) is 6.92 Å². The minimum absolute atomic E-state index is 0.0300. The molecule has 0 aliphatic rings. The zero-order chi connectivity index (χ0) is 14.5. The number of halogens is 3. The van der Waals surface area contributed by atoms with Crippen LogP contribution in [0.25, 0.3) is 0 Å². The van der Waals surface area contributed by atoms with Gasteiger partial charge in [-0.25, -0.2) is 0 Å². The molecule has 0 amide bonds. The zero-order valence-corrected chi connectivity index (χ0v) is 11.0. The molecule has 0 unspecified atom stereocenters. The molecule has 0 spiro atoms. The smallest absolute Gasteiger partial charge is 0.406 e. The van der Waals surface area contributed by atoms with Crippen LogP contribution in [-0.2, 0) is 0 Å². The molecule has 1 rings (SSSR count). The summed E-state index contributed by atoms with van der Waals surface area (Å²) < 4.78 is 42.4. The van der Waals surface area contributed by atoms with Gasteiger partial charge in [-0.05, 0) is 6.42 Å². The summed E-state index contributed by atoms with van der Waals surface area (Å²) in [4.78, 5) is 12.7. The van der Waals surface area contributed by atoms with E-state index in [1.165, 1.54) is 7.11 Å². The second-order valence-electron chi connectivity index (χ2n) is 3.73. The summed E-state index contributed by atoms with van der Waals surface area (Å²) in [5, 5.41) is 2.65. The highest BCUT2D eigenvalue weighted by Gasteiger charge is 2.32. The van der Waals surface area contributed by atoms with Crippen molar-refractivity contribution in [2.24, 2.45) is 0 Å². The summed E-state index contributed by atoms with van der Waals surface area (Å²) >= 11 is 0. The number of hydrogen-bond acceptors (Lipinski definition) is 6. The van der Waals surface area contributed by atoms with Crippen LogP contribution in [0.5, 0.6) is 6.01 Å². The van der Waals surface area contributed by atoms with E-state index in [1.54, 1.807) is 14.0 Å². The maximum Gasteiger partial charge on any atom is 0.406 e. The first-order valence-electron chi connectivity index (χ1n) is 5.69. The van der Waals surface area contributed by atoms with Crippen LogP contribution in [0.15, 0.2) is 0 Å². The van der Waals surface area contributed by atoms with E-state index in [0.29, 0.717) is 6.42 Å². The van der Waals surface area contributed by atoms with Gasteiger partial charge in [0.25, 0.3) is 0 Å². The quantitative estimate of drug-likeness (QED) is 0.855.